The molecule has 0 saturated carbocycles. The molecule has 0 radical (unpaired) electrons. The lowest BCUT2D eigenvalue weighted by Gasteiger charge is -2.08. The van der Waals surface area contributed by atoms with Gasteiger partial charge in [-0.25, -0.2) is 0 Å². The first-order valence-corrected chi connectivity index (χ1v) is 7.62. The molecular weight excluding hydrogens is 292 g/mol. The SMILES string of the molecule is O=C([O-])CCCC(=O)Nc1cccc(CCc2ccccn2)c1. The van der Waals surface area contributed by atoms with Crippen LogP contribution in [0.2, 0.25) is 0 Å². The van der Waals surface area contributed by atoms with Crippen molar-refractivity contribution in [2.75, 3.05) is 5.32 Å². The van der Waals surface area contributed by atoms with Gasteiger partial charge in [-0.3, -0.25) is 9.78 Å². The highest BCUT2D eigenvalue weighted by atomic mass is 16.4. The van der Waals surface area contributed by atoms with Crippen LogP contribution in [0.25, 0.3) is 0 Å². The highest BCUT2D eigenvalue weighted by Crippen LogP contribution is 2.13. The van der Waals surface area contributed by atoms with Crippen molar-refractivity contribution in [2.45, 2.75) is 32.1 Å². The number of hydrogen-bond acceptors (Lipinski definition) is 4. The highest BCUT2D eigenvalue weighted by molar-refractivity contribution is 5.90. The summed E-state index contributed by atoms with van der Waals surface area (Å²) in [6.07, 6.45) is 3.81. The summed E-state index contributed by atoms with van der Waals surface area (Å²) in [7, 11) is 0. The number of anilines is 1. The van der Waals surface area contributed by atoms with Crippen molar-refractivity contribution >= 4 is 17.6 Å². The topological polar surface area (TPSA) is 82.1 Å². The Labute approximate surface area is 135 Å². The van der Waals surface area contributed by atoms with E-state index < -0.39 is 5.97 Å². The van der Waals surface area contributed by atoms with Crippen molar-refractivity contribution in [3.63, 3.8) is 0 Å². The highest BCUT2D eigenvalue weighted by Gasteiger charge is 2.04. The normalized spacial score (nSPS) is 10.3. The van der Waals surface area contributed by atoms with Crippen molar-refractivity contribution < 1.29 is 14.7 Å². The van der Waals surface area contributed by atoms with Crippen LogP contribution < -0.4 is 10.4 Å². The maximum absolute atomic E-state index is 11.8. The molecule has 23 heavy (non-hydrogen) atoms. The smallest absolute Gasteiger partial charge is 0.224 e. The number of benzene rings is 1. The Kier molecular flexibility index (Phi) is 6.29. The third-order valence-electron chi connectivity index (χ3n) is 3.39. The van der Waals surface area contributed by atoms with Gasteiger partial charge in [-0.1, -0.05) is 18.2 Å². The number of rotatable bonds is 8. The number of pyridine rings is 1. The molecule has 0 aliphatic heterocycles. The van der Waals surface area contributed by atoms with E-state index >= 15 is 0 Å². The van der Waals surface area contributed by atoms with Crippen molar-refractivity contribution in [2.24, 2.45) is 0 Å². The molecule has 0 saturated heterocycles. The molecule has 1 aromatic carbocycles. The van der Waals surface area contributed by atoms with Gasteiger partial charge in [0.05, 0.1) is 0 Å². The molecule has 0 aliphatic carbocycles. The Morgan fingerprint density at radius 1 is 1.04 bits per heavy atom. The number of carboxylic acid groups (broad SMARTS) is 1. The largest absolute Gasteiger partial charge is 0.550 e. The molecule has 120 valence electrons. The Bertz CT molecular complexity index is 656. The standard InChI is InChI=1S/C18H20N2O3/c21-17(8-4-9-18(22)23)20-16-7-3-5-14(13-16)10-11-15-6-1-2-12-19-15/h1-3,5-7,12-13H,4,8-11H2,(H,20,21)(H,22,23)/p-1. The van der Waals surface area contributed by atoms with Crippen molar-refractivity contribution in [3.05, 3.63) is 59.9 Å². The van der Waals surface area contributed by atoms with Gasteiger partial charge in [0, 0.05) is 30.0 Å². The molecular formula is C18H19N2O3-. The first-order chi connectivity index (χ1) is 11.1. The molecule has 5 heteroatoms. The number of nitrogens with one attached hydrogen (secondary N) is 1. The molecule has 0 bridgehead atoms. The second-order valence-corrected chi connectivity index (χ2v) is 5.30. The van der Waals surface area contributed by atoms with Gasteiger partial charge in [-0.2, -0.15) is 0 Å². The number of aromatic nitrogens is 1. The fraction of sp³-hybridized carbons (Fsp3) is 0.278. The minimum absolute atomic E-state index is 0.0997. The van der Waals surface area contributed by atoms with E-state index in [4.69, 9.17) is 0 Å². The molecule has 1 amide bonds. The minimum Gasteiger partial charge on any atom is -0.550 e. The van der Waals surface area contributed by atoms with Crippen LogP contribution in [0.3, 0.4) is 0 Å². The van der Waals surface area contributed by atoms with Gasteiger partial charge in [-0.05, 0) is 55.5 Å². The van der Waals surface area contributed by atoms with Crippen LogP contribution in [0.15, 0.2) is 48.7 Å². The van der Waals surface area contributed by atoms with Crippen LogP contribution in [0, 0.1) is 0 Å². The molecule has 1 N–H and O–H groups in total. The lowest BCUT2D eigenvalue weighted by Crippen LogP contribution is -2.22. The molecule has 0 unspecified atom stereocenters. The first kappa shape index (κ1) is 16.7. The second kappa shape index (κ2) is 8.68. The molecule has 0 atom stereocenters. The maximum Gasteiger partial charge on any atom is 0.224 e. The van der Waals surface area contributed by atoms with Crippen LogP contribution >= 0.6 is 0 Å². The average molecular weight is 311 g/mol. The number of carboxylic acids is 1. The van der Waals surface area contributed by atoms with Crippen LogP contribution in [0.1, 0.15) is 30.5 Å². The quantitative estimate of drug-likeness (QED) is 0.805. The maximum atomic E-state index is 11.8. The van der Waals surface area contributed by atoms with E-state index in [0.717, 1.165) is 29.8 Å². The Hall–Kier alpha value is -2.69. The first-order valence-electron chi connectivity index (χ1n) is 7.62. The summed E-state index contributed by atoms with van der Waals surface area (Å²) >= 11 is 0. The lowest BCUT2D eigenvalue weighted by atomic mass is 10.1. The van der Waals surface area contributed by atoms with Gasteiger partial charge in [0.1, 0.15) is 0 Å². The molecule has 0 spiro atoms. The van der Waals surface area contributed by atoms with Crippen molar-refractivity contribution in [3.8, 4) is 0 Å². The van der Waals surface area contributed by atoms with E-state index in [1.54, 1.807) is 6.20 Å². The summed E-state index contributed by atoms with van der Waals surface area (Å²) < 4.78 is 0. The molecule has 1 aromatic heterocycles. The van der Waals surface area contributed by atoms with Gasteiger partial charge < -0.3 is 15.2 Å². The van der Waals surface area contributed by atoms with E-state index in [-0.39, 0.29) is 25.2 Å². The third-order valence-corrected chi connectivity index (χ3v) is 3.39. The molecule has 2 aromatic rings. The number of carbonyl (C=O) groups is 2. The monoisotopic (exact) mass is 311 g/mol. The van der Waals surface area contributed by atoms with Crippen molar-refractivity contribution in [1.82, 2.24) is 4.98 Å². The number of amides is 1. The number of aryl methyl sites for hydroxylation is 2. The van der Waals surface area contributed by atoms with E-state index in [0.29, 0.717) is 0 Å². The number of carbonyl (C=O) groups excluding carboxylic acids is 2. The molecule has 0 fully saturated rings. The number of aliphatic carboxylic acids is 1. The Morgan fingerprint density at radius 2 is 1.91 bits per heavy atom. The van der Waals surface area contributed by atoms with Crippen LogP contribution in [0.4, 0.5) is 5.69 Å². The summed E-state index contributed by atoms with van der Waals surface area (Å²) in [6, 6.07) is 13.5. The average Bonchev–Trinajstić information content (AvgIpc) is 2.54. The molecule has 5 nitrogen and oxygen atoms in total. The minimum atomic E-state index is -1.13. The predicted molar refractivity (Wildman–Crippen MR) is 85.6 cm³/mol. The molecule has 2 rings (SSSR count). The fourth-order valence-electron chi connectivity index (χ4n) is 2.24. The van der Waals surface area contributed by atoms with Gasteiger partial charge in [-0.15, -0.1) is 0 Å². The second-order valence-electron chi connectivity index (χ2n) is 5.30. The zero-order chi connectivity index (χ0) is 16.5. The third kappa shape index (κ3) is 6.30. The summed E-state index contributed by atoms with van der Waals surface area (Å²) in [5.41, 5.74) is 2.87. The summed E-state index contributed by atoms with van der Waals surface area (Å²) in [5.74, 6) is -1.32. The Morgan fingerprint density at radius 3 is 2.65 bits per heavy atom. The summed E-state index contributed by atoms with van der Waals surface area (Å²) in [5, 5.41) is 13.1. The Balaban J connectivity index is 1.84. The van der Waals surface area contributed by atoms with E-state index in [9.17, 15) is 14.7 Å². The van der Waals surface area contributed by atoms with Crippen LogP contribution in [0.5, 0.6) is 0 Å². The summed E-state index contributed by atoms with van der Waals surface area (Å²) in [4.78, 5) is 26.4. The van der Waals surface area contributed by atoms with E-state index in [2.05, 4.69) is 10.3 Å². The zero-order valence-corrected chi connectivity index (χ0v) is 12.8. The summed E-state index contributed by atoms with van der Waals surface area (Å²) in [6.45, 7) is 0. The number of hydrogen-bond donors (Lipinski definition) is 1. The van der Waals surface area contributed by atoms with E-state index in [1.165, 1.54) is 0 Å². The van der Waals surface area contributed by atoms with Gasteiger partial charge in [0.2, 0.25) is 5.91 Å². The number of nitrogens with zero attached hydrogens (tertiary/aromatic N) is 1. The zero-order valence-electron chi connectivity index (χ0n) is 12.8. The van der Waals surface area contributed by atoms with Gasteiger partial charge in [0.15, 0.2) is 0 Å². The fourth-order valence-corrected chi connectivity index (χ4v) is 2.24. The molecule has 1 heterocycles. The van der Waals surface area contributed by atoms with Crippen molar-refractivity contribution in [1.29, 1.82) is 0 Å². The van der Waals surface area contributed by atoms with E-state index in [1.807, 2.05) is 42.5 Å². The van der Waals surface area contributed by atoms with Gasteiger partial charge >= 0.3 is 0 Å². The lowest BCUT2D eigenvalue weighted by molar-refractivity contribution is -0.305. The predicted octanol–water partition coefficient (Wildman–Crippen LogP) is 1.73. The molecule has 0 aliphatic rings. The van der Waals surface area contributed by atoms with Crippen LogP contribution in [-0.4, -0.2) is 16.9 Å². The van der Waals surface area contributed by atoms with Gasteiger partial charge in [0.25, 0.3) is 0 Å². The van der Waals surface area contributed by atoms with Crippen LogP contribution in [-0.2, 0) is 22.4 Å².